The van der Waals surface area contributed by atoms with E-state index in [0.717, 1.165) is 16.5 Å². The molecule has 0 fully saturated rings. The lowest BCUT2D eigenvalue weighted by Crippen LogP contribution is -2.32. The Hall–Kier alpha value is -2.59. The van der Waals surface area contributed by atoms with Gasteiger partial charge in [-0.1, -0.05) is 29.8 Å². The lowest BCUT2D eigenvalue weighted by atomic mass is 10.1. The van der Waals surface area contributed by atoms with Gasteiger partial charge in [0.1, 0.15) is 0 Å². The average molecular weight is 355 g/mol. The SMILES string of the molecule is CCN(Cc1cc2cccc(C)c2[nH]c1=O)C(=O)c1ccc(Cl)cc1. The van der Waals surface area contributed by atoms with Gasteiger partial charge in [-0.25, -0.2) is 0 Å². The number of amides is 1. The number of rotatable bonds is 4. The van der Waals surface area contributed by atoms with Gasteiger partial charge in [0, 0.05) is 22.7 Å². The Kier molecular flexibility index (Phi) is 4.91. The summed E-state index contributed by atoms with van der Waals surface area (Å²) in [5, 5.41) is 1.55. The number of aryl methyl sites for hydroxylation is 1. The minimum atomic E-state index is -0.163. The van der Waals surface area contributed by atoms with Crippen LogP contribution in [0.4, 0.5) is 0 Å². The number of carbonyl (C=O) groups is 1. The Morgan fingerprint density at radius 2 is 1.88 bits per heavy atom. The molecular formula is C20H19ClN2O2. The van der Waals surface area contributed by atoms with Crippen molar-refractivity contribution < 1.29 is 4.79 Å². The fourth-order valence-corrected chi connectivity index (χ4v) is 2.98. The number of H-pyrrole nitrogens is 1. The van der Waals surface area contributed by atoms with Crippen LogP contribution >= 0.6 is 11.6 Å². The third-order valence-corrected chi connectivity index (χ3v) is 4.54. The molecule has 0 bridgehead atoms. The van der Waals surface area contributed by atoms with Crippen molar-refractivity contribution in [3.05, 3.63) is 80.6 Å². The van der Waals surface area contributed by atoms with Crippen molar-refractivity contribution in [2.45, 2.75) is 20.4 Å². The molecule has 25 heavy (non-hydrogen) atoms. The van der Waals surface area contributed by atoms with Crippen molar-refractivity contribution in [1.29, 1.82) is 0 Å². The topological polar surface area (TPSA) is 53.2 Å². The van der Waals surface area contributed by atoms with Gasteiger partial charge in [-0.15, -0.1) is 0 Å². The quantitative estimate of drug-likeness (QED) is 0.765. The first-order valence-electron chi connectivity index (χ1n) is 8.16. The number of benzene rings is 2. The molecule has 5 heteroatoms. The predicted molar refractivity (Wildman–Crippen MR) is 101 cm³/mol. The fourth-order valence-electron chi connectivity index (χ4n) is 2.85. The number of fused-ring (bicyclic) bond motifs is 1. The zero-order chi connectivity index (χ0) is 18.0. The Balaban J connectivity index is 1.92. The monoisotopic (exact) mass is 354 g/mol. The highest BCUT2D eigenvalue weighted by molar-refractivity contribution is 6.30. The molecule has 2 aromatic carbocycles. The van der Waals surface area contributed by atoms with Crippen molar-refractivity contribution in [3.8, 4) is 0 Å². The van der Waals surface area contributed by atoms with Crippen molar-refractivity contribution in [2.24, 2.45) is 0 Å². The van der Waals surface area contributed by atoms with E-state index in [0.29, 0.717) is 22.7 Å². The highest BCUT2D eigenvalue weighted by Gasteiger charge is 2.16. The van der Waals surface area contributed by atoms with Gasteiger partial charge in [-0.3, -0.25) is 9.59 Å². The number of aromatic amines is 1. The van der Waals surface area contributed by atoms with Gasteiger partial charge in [0.2, 0.25) is 0 Å². The fraction of sp³-hybridized carbons (Fsp3) is 0.200. The first-order valence-corrected chi connectivity index (χ1v) is 8.53. The van der Waals surface area contributed by atoms with Gasteiger partial charge >= 0.3 is 0 Å². The molecule has 128 valence electrons. The summed E-state index contributed by atoms with van der Waals surface area (Å²) in [4.78, 5) is 29.7. The number of pyridine rings is 1. The van der Waals surface area contributed by atoms with Crippen LogP contribution in [0.2, 0.25) is 5.02 Å². The number of nitrogens with one attached hydrogen (secondary N) is 1. The lowest BCUT2D eigenvalue weighted by Gasteiger charge is -2.21. The zero-order valence-corrected chi connectivity index (χ0v) is 14.9. The molecule has 3 aromatic rings. The van der Waals surface area contributed by atoms with Crippen LogP contribution in [0.15, 0.2) is 53.3 Å². The Morgan fingerprint density at radius 3 is 2.56 bits per heavy atom. The predicted octanol–water partition coefficient (Wildman–Crippen LogP) is 4.15. The minimum Gasteiger partial charge on any atom is -0.334 e. The Bertz CT molecular complexity index is 977. The highest BCUT2D eigenvalue weighted by Crippen LogP contribution is 2.17. The molecular weight excluding hydrogens is 336 g/mol. The molecule has 0 saturated heterocycles. The number of hydrogen-bond acceptors (Lipinski definition) is 2. The summed E-state index contributed by atoms with van der Waals surface area (Å²) in [7, 11) is 0. The lowest BCUT2D eigenvalue weighted by molar-refractivity contribution is 0.0752. The summed E-state index contributed by atoms with van der Waals surface area (Å²) in [5.74, 6) is -0.122. The van der Waals surface area contributed by atoms with Crippen LogP contribution in [-0.4, -0.2) is 22.3 Å². The molecule has 1 heterocycles. The van der Waals surface area contributed by atoms with Crippen molar-refractivity contribution >= 4 is 28.4 Å². The summed E-state index contributed by atoms with van der Waals surface area (Å²) in [6.45, 7) is 4.62. The molecule has 0 aliphatic heterocycles. The summed E-state index contributed by atoms with van der Waals surface area (Å²) in [5.41, 5.74) is 2.82. The summed E-state index contributed by atoms with van der Waals surface area (Å²) in [6, 6.07) is 14.5. The first kappa shape index (κ1) is 17.2. The smallest absolute Gasteiger partial charge is 0.254 e. The van der Waals surface area contributed by atoms with Gasteiger partial charge in [-0.2, -0.15) is 0 Å². The highest BCUT2D eigenvalue weighted by atomic mass is 35.5. The molecule has 0 saturated carbocycles. The Morgan fingerprint density at radius 1 is 1.16 bits per heavy atom. The van der Waals surface area contributed by atoms with E-state index >= 15 is 0 Å². The molecule has 1 N–H and O–H groups in total. The maximum Gasteiger partial charge on any atom is 0.254 e. The van der Waals surface area contributed by atoms with Crippen LogP contribution < -0.4 is 5.56 Å². The maximum atomic E-state index is 12.7. The second-order valence-electron chi connectivity index (χ2n) is 5.99. The number of aromatic nitrogens is 1. The van der Waals surface area contributed by atoms with Crippen LogP contribution in [0.1, 0.15) is 28.4 Å². The molecule has 0 aliphatic rings. The maximum absolute atomic E-state index is 12.7. The van der Waals surface area contributed by atoms with Gasteiger partial charge in [-0.05, 0) is 55.1 Å². The van der Waals surface area contributed by atoms with Crippen LogP contribution in [0.5, 0.6) is 0 Å². The van der Waals surface area contributed by atoms with Gasteiger partial charge in [0.15, 0.2) is 0 Å². The standard InChI is InChI=1S/C20H19ClN2O2/c1-3-23(20(25)14-7-9-17(21)10-8-14)12-16-11-15-6-4-5-13(2)18(15)22-19(16)24/h4-11H,3,12H2,1-2H3,(H,22,24). The molecule has 0 atom stereocenters. The van der Waals surface area contributed by atoms with E-state index in [-0.39, 0.29) is 18.0 Å². The van der Waals surface area contributed by atoms with Crippen molar-refractivity contribution in [2.75, 3.05) is 6.54 Å². The van der Waals surface area contributed by atoms with E-state index in [1.165, 1.54) is 0 Å². The Labute approximate surface area is 151 Å². The normalized spacial score (nSPS) is 10.8. The average Bonchev–Trinajstić information content (AvgIpc) is 2.61. The minimum absolute atomic E-state index is 0.122. The number of hydrogen-bond donors (Lipinski definition) is 1. The van der Waals surface area contributed by atoms with Crippen LogP contribution in [0.3, 0.4) is 0 Å². The third-order valence-electron chi connectivity index (χ3n) is 4.29. The van der Waals surface area contributed by atoms with Crippen LogP contribution in [0, 0.1) is 6.92 Å². The molecule has 3 rings (SSSR count). The largest absolute Gasteiger partial charge is 0.334 e. The molecule has 0 spiro atoms. The number of nitrogens with zero attached hydrogens (tertiary/aromatic N) is 1. The second-order valence-corrected chi connectivity index (χ2v) is 6.43. The molecule has 0 unspecified atom stereocenters. The van der Waals surface area contributed by atoms with E-state index in [2.05, 4.69) is 4.98 Å². The zero-order valence-electron chi connectivity index (χ0n) is 14.2. The number of carbonyl (C=O) groups excluding carboxylic acids is 1. The summed E-state index contributed by atoms with van der Waals surface area (Å²) in [6.07, 6.45) is 0. The van der Waals surface area contributed by atoms with Gasteiger partial charge in [0.25, 0.3) is 11.5 Å². The van der Waals surface area contributed by atoms with E-state index in [4.69, 9.17) is 11.6 Å². The molecule has 1 amide bonds. The molecule has 4 nitrogen and oxygen atoms in total. The van der Waals surface area contributed by atoms with Gasteiger partial charge in [0.05, 0.1) is 12.1 Å². The van der Waals surface area contributed by atoms with Crippen LogP contribution in [0.25, 0.3) is 10.9 Å². The van der Waals surface area contributed by atoms with E-state index in [1.807, 2.05) is 38.1 Å². The third kappa shape index (κ3) is 3.59. The van der Waals surface area contributed by atoms with Gasteiger partial charge < -0.3 is 9.88 Å². The van der Waals surface area contributed by atoms with E-state index < -0.39 is 0 Å². The first-order chi connectivity index (χ1) is 12.0. The van der Waals surface area contributed by atoms with E-state index in [9.17, 15) is 9.59 Å². The second kappa shape index (κ2) is 7.11. The van der Waals surface area contributed by atoms with E-state index in [1.54, 1.807) is 29.2 Å². The van der Waals surface area contributed by atoms with Crippen LogP contribution in [-0.2, 0) is 6.54 Å². The summed E-state index contributed by atoms with van der Waals surface area (Å²) < 4.78 is 0. The molecule has 0 aliphatic carbocycles. The summed E-state index contributed by atoms with van der Waals surface area (Å²) >= 11 is 5.88. The number of halogens is 1. The van der Waals surface area contributed by atoms with Crippen molar-refractivity contribution in [3.63, 3.8) is 0 Å². The number of para-hydroxylation sites is 1. The van der Waals surface area contributed by atoms with Crippen molar-refractivity contribution in [1.82, 2.24) is 9.88 Å². The molecule has 0 radical (unpaired) electrons. The molecule has 1 aromatic heterocycles.